The minimum absolute atomic E-state index is 0.105. The maximum absolute atomic E-state index is 12.2. The Kier molecular flexibility index (Phi) is 5.18. The molecule has 0 radical (unpaired) electrons. The van der Waals surface area contributed by atoms with Gasteiger partial charge in [0.15, 0.2) is 5.78 Å². The van der Waals surface area contributed by atoms with Gasteiger partial charge in [-0.2, -0.15) is 0 Å². The van der Waals surface area contributed by atoms with Gasteiger partial charge in [0.1, 0.15) is 11.6 Å². The summed E-state index contributed by atoms with van der Waals surface area (Å²) in [5, 5.41) is 3.14. The van der Waals surface area contributed by atoms with E-state index in [-0.39, 0.29) is 12.3 Å². The lowest BCUT2D eigenvalue weighted by molar-refractivity contribution is -0.116. The molecule has 2 heterocycles. The molecule has 0 bridgehead atoms. The largest absolute Gasteiger partial charge is 0.497 e. The normalized spacial score (nSPS) is 10.4. The first-order valence-corrected chi connectivity index (χ1v) is 8.36. The lowest BCUT2D eigenvalue weighted by Crippen LogP contribution is -2.16. The lowest BCUT2D eigenvalue weighted by Gasteiger charge is -2.06. The van der Waals surface area contributed by atoms with E-state index in [0.717, 1.165) is 27.6 Å². The number of anilines is 1. The second kappa shape index (κ2) is 7.70. The molecule has 0 amide bonds. The predicted octanol–water partition coefficient (Wildman–Crippen LogP) is 3.44. The van der Waals surface area contributed by atoms with Crippen molar-refractivity contribution in [3.63, 3.8) is 0 Å². The number of Topliss-reactive ketones (excluding diaryl/α,β-unsaturated/α-hetero) is 1. The Morgan fingerprint density at radius 2 is 1.92 bits per heavy atom. The zero-order valence-electron chi connectivity index (χ0n) is 13.2. The highest BCUT2D eigenvalue weighted by Gasteiger charge is 2.10. The maximum atomic E-state index is 12.2. The Bertz CT molecular complexity index is 801. The number of methoxy groups -OCH3 is 1. The smallest absolute Gasteiger partial charge is 0.156 e. The molecule has 5 nitrogen and oxygen atoms in total. The van der Waals surface area contributed by atoms with Crippen LogP contribution in [0.1, 0.15) is 5.56 Å². The molecule has 2 aromatic heterocycles. The summed E-state index contributed by atoms with van der Waals surface area (Å²) in [5.41, 5.74) is 3.78. The van der Waals surface area contributed by atoms with Gasteiger partial charge in [0, 0.05) is 18.8 Å². The number of hydrogen-bond acceptors (Lipinski definition) is 6. The van der Waals surface area contributed by atoms with Crippen LogP contribution in [0.3, 0.4) is 0 Å². The number of aromatic nitrogens is 2. The highest BCUT2D eigenvalue weighted by Crippen LogP contribution is 2.30. The van der Waals surface area contributed by atoms with Gasteiger partial charge in [-0.1, -0.05) is 12.1 Å². The summed E-state index contributed by atoms with van der Waals surface area (Å²) in [7, 11) is 1.62. The van der Waals surface area contributed by atoms with Gasteiger partial charge in [-0.25, -0.2) is 4.98 Å². The van der Waals surface area contributed by atoms with Crippen LogP contribution in [0.2, 0.25) is 0 Å². The number of carbonyl (C=O) groups excluding carboxylic acids is 1. The molecule has 0 spiro atoms. The number of pyridine rings is 1. The number of ether oxygens (including phenoxy) is 1. The third-order valence-electron chi connectivity index (χ3n) is 3.52. The molecule has 0 aliphatic heterocycles. The van der Waals surface area contributed by atoms with E-state index in [0.29, 0.717) is 6.42 Å². The number of nitrogens with one attached hydrogen (secondary N) is 1. The average molecular weight is 339 g/mol. The summed E-state index contributed by atoms with van der Waals surface area (Å²) in [6.45, 7) is 0.244. The third kappa shape index (κ3) is 3.97. The predicted molar refractivity (Wildman–Crippen MR) is 95.5 cm³/mol. The summed E-state index contributed by atoms with van der Waals surface area (Å²) in [6, 6.07) is 11.4. The fraction of sp³-hybridized carbons (Fsp3) is 0.167. The molecule has 0 aliphatic rings. The van der Waals surface area contributed by atoms with Gasteiger partial charge in [0.2, 0.25) is 0 Å². The quantitative estimate of drug-likeness (QED) is 0.714. The average Bonchev–Trinajstić information content (AvgIpc) is 3.10. The Balaban J connectivity index is 1.60. The van der Waals surface area contributed by atoms with Crippen molar-refractivity contribution in [2.24, 2.45) is 0 Å². The highest BCUT2D eigenvalue weighted by molar-refractivity contribution is 7.13. The number of ketones is 1. The highest BCUT2D eigenvalue weighted by atomic mass is 32.1. The SMILES string of the molecule is COc1ccc(CC(=O)CNc2ncsc2-c2ccncc2)cc1. The van der Waals surface area contributed by atoms with Crippen molar-refractivity contribution >= 4 is 22.9 Å². The van der Waals surface area contributed by atoms with Gasteiger partial charge in [-0.15, -0.1) is 11.3 Å². The number of carbonyl (C=O) groups is 1. The molecule has 122 valence electrons. The number of hydrogen-bond donors (Lipinski definition) is 1. The summed E-state index contributed by atoms with van der Waals surface area (Å²) in [4.78, 5) is 21.5. The van der Waals surface area contributed by atoms with Gasteiger partial charge < -0.3 is 10.1 Å². The van der Waals surface area contributed by atoms with Crippen molar-refractivity contribution in [1.82, 2.24) is 9.97 Å². The zero-order valence-corrected chi connectivity index (χ0v) is 14.0. The van der Waals surface area contributed by atoms with E-state index >= 15 is 0 Å². The molecule has 0 unspecified atom stereocenters. The second-order valence-corrected chi connectivity index (χ2v) is 6.04. The molecule has 0 aliphatic carbocycles. The van der Waals surface area contributed by atoms with E-state index in [4.69, 9.17) is 4.74 Å². The Morgan fingerprint density at radius 1 is 1.17 bits per heavy atom. The van der Waals surface area contributed by atoms with Crippen LogP contribution in [0.5, 0.6) is 5.75 Å². The number of thiazole rings is 1. The van der Waals surface area contributed by atoms with Crippen LogP contribution in [-0.4, -0.2) is 29.4 Å². The van der Waals surface area contributed by atoms with E-state index in [1.165, 1.54) is 11.3 Å². The molecule has 24 heavy (non-hydrogen) atoms. The Morgan fingerprint density at radius 3 is 2.62 bits per heavy atom. The molecule has 0 saturated heterocycles. The van der Waals surface area contributed by atoms with Crippen LogP contribution >= 0.6 is 11.3 Å². The van der Waals surface area contributed by atoms with Crippen LogP contribution in [0.15, 0.2) is 54.3 Å². The zero-order chi connectivity index (χ0) is 16.8. The molecule has 0 saturated carbocycles. The molecule has 3 aromatic rings. The van der Waals surface area contributed by atoms with Gasteiger partial charge >= 0.3 is 0 Å². The second-order valence-electron chi connectivity index (χ2n) is 5.18. The molecule has 1 aromatic carbocycles. The van der Waals surface area contributed by atoms with Gasteiger partial charge in [-0.05, 0) is 35.4 Å². The topological polar surface area (TPSA) is 64.1 Å². The van der Waals surface area contributed by atoms with Crippen LogP contribution in [0.25, 0.3) is 10.4 Å². The summed E-state index contributed by atoms with van der Waals surface area (Å²) >= 11 is 1.54. The molecule has 6 heteroatoms. The minimum Gasteiger partial charge on any atom is -0.497 e. The van der Waals surface area contributed by atoms with Crippen molar-refractivity contribution < 1.29 is 9.53 Å². The van der Waals surface area contributed by atoms with E-state index in [1.807, 2.05) is 36.4 Å². The fourth-order valence-corrected chi connectivity index (χ4v) is 3.07. The van der Waals surface area contributed by atoms with E-state index in [2.05, 4.69) is 15.3 Å². The minimum atomic E-state index is 0.105. The Hall–Kier alpha value is -2.73. The molecule has 0 fully saturated rings. The standard InChI is InChI=1S/C18H17N3O2S/c1-23-16-4-2-13(3-5-16)10-15(22)11-20-18-17(24-12-21-18)14-6-8-19-9-7-14/h2-9,12,20H,10-11H2,1H3. The maximum Gasteiger partial charge on any atom is 0.156 e. The van der Waals surface area contributed by atoms with Crippen molar-refractivity contribution in [3.8, 4) is 16.2 Å². The van der Waals surface area contributed by atoms with Gasteiger partial charge in [0.25, 0.3) is 0 Å². The lowest BCUT2D eigenvalue weighted by atomic mass is 10.1. The summed E-state index contributed by atoms with van der Waals surface area (Å²) < 4.78 is 5.12. The van der Waals surface area contributed by atoms with Gasteiger partial charge in [0.05, 0.1) is 24.0 Å². The molecule has 0 atom stereocenters. The van der Waals surface area contributed by atoms with Crippen molar-refractivity contribution in [1.29, 1.82) is 0 Å². The molecule has 1 N–H and O–H groups in total. The van der Waals surface area contributed by atoms with Crippen LogP contribution in [0.4, 0.5) is 5.82 Å². The first-order valence-electron chi connectivity index (χ1n) is 7.48. The van der Waals surface area contributed by atoms with Crippen LogP contribution in [0, 0.1) is 0 Å². The number of nitrogens with zero attached hydrogens (tertiary/aromatic N) is 2. The Labute approximate surface area is 144 Å². The number of rotatable bonds is 7. The molecular weight excluding hydrogens is 322 g/mol. The van der Waals surface area contributed by atoms with Crippen LogP contribution < -0.4 is 10.1 Å². The molecule has 3 rings (SSSR count). The number of benzene rings is 1. The van der Waals surface area contributed by atoms with Crippen molar-refractivity contribution in [3.05, 3.63) is 59.9 Å². The van der Waals surface area contributed by atoms with E-state index in [9.17, 15) is 4.79 Å². The van der Waals surface area contributed by atoms with Gasteiger partial charge in [-0.3, -0.25) is 9.78 Å². The first-order chi connectivity index (χ1) is 11.8. The van der Waals surface area contributed by atoms with Crippen LogP contribution in [-0.2, 0) is 11.2 Å². The fourth-order valence-electron chi connectivity index (χ4n) is 2.30. The summed E-state index contributed by atoms with van der Waals surface area (Å²) in [6.07, 6.45) is 3.87. The third-order valence-corrected chi connectivity index (χ3v) is 4.40. The monoisotopic (exact) mass is 339 g/mol. The molecular formula is C18H17N3O2S. The van der Waals surface area contributed by atoms with Crippen molar-refractivity contribution in [2.45, 2.75) is 6.42 Å². The van der Waals surface area contributed by atoms with Crippen molar-refractivity contribution in [2.75, 3.05) is 19.0 Å². The first kappa shape index (κ1) is 16.1. The van der Waals surface area contributed by atoms with E-state index < -0.39 is 0 Å². The summed E-state index contributed by atoms with van der Waals surface area (Å²) in [5.74, 6) is 1.62. The van der Waals surface area contributed by atoms with E-state index in [1.54, 1.807) is 25.0 Å².